The lowest BCUT2D eigenvalue weighted by atomic mass is 10.1. The van der Waals surface area contributed by atoms with Gasteiger partial charge in [-0.15, -0.1) is 0 Å². The van der Waals surface area contributed by atoms with E-state index in [4.69, 9.17) is 33.2 Å². The highest BCUT2D eigenvalue weighted by atomic mass is 16.8. The van der Waals surface area contributed by atoms with Crippen molar-refractivity contribution in [3.8, 4) is 0 Å². The number of hydrogen-bond donors (Lipinski definition) is 0. The van der Waals surface area contributed by atoms with E-state index in [1.165, 1.54) is 116 Å². The average molecular weight is 811 g/mol. The minimum Gasteiger partial charge on any atom is -0.494 e. The first-order chi connectivity index (χ1) is 28.1. The van der Waals surface area contributed by atoms with E-state index in [2.05, 4.69) is 55.4 Å². The molecule has 0 aliphatic heterocycles. The molecule has 0 saturated heterocycles. The first-order valence-corrected chi connectivity index (χ1v) is 24.9. The van der Waals surface area contributed by atoms with Crippen LogP contribution in [0.1, 0.15) is 248 Å². The summed E-state index contributed by atoms with van der Waals surface area (Å²) in [6, 6.07) is 0. The fourth-order valence-electron chi connectivity index (χ4n) is 6.71. The standard InChI is InChI=1S/C50H98O7/c1-9-17-21-25-27-29-31-33-37-45(51-39-13-5)47(53-41-15-7)49(55-43-35-23-19-11-3)57-50(56-44-36-24-20-12-4)48(54-42-16-8)46(52-40-14-6)38-34-32-30-28-26-22-18-10-2/h49-50H,9-44H2,1-8H3. The molecule has 2 atom stereocenters. The molecule has 0 heterocycles. The molecule has 0 aliphatic rings. The van der Waals surface area contributed by atoms with Crippen molar-refractivity contribution in [2.24, 2.45) is 0 Å². The number of rotatable bonds is 46. The monoisotopic (exact) mass is 811 g/mol. The van der Waals surface area contributed by atoms with Crippen molar-refractivity contribution >= 4 is 0 Å². The minimum atomic E-state index is -0.796. The molecular weight excluding hydrogens is 713 g/mol. The van der Waals surface area contributed by atoms with E-state index in [-0.39, 0.29) is 0 Å². The molecule has 0 rings (SSSR count). The lowest BCUT2D eigenvalue weighted by Gasteiger charge is -2.30. The third-order valence-corrected chi connectivity index (χ3v) is 10.2. The van der Waals surface area contributed by atoms with Gasteiger partial charge in [0.1, 0.15) is 11.5 Å². The van der Waals surface area contributed by atoms with Crippen molar-refractivity contribution in [3.05, 3.63) is 23.0 Å². The van der Waals surface area contributed by atoms with Crippen LogP contribution in [0.3, 0.4) is 0 Å². The molecule has 7 nitrogen and oxygen atoms in total. The van der Waals surface area contributed by atoms with Gasteiger partial charge in [-0.1, -0.05) is 184 Å². The zero-order chi connectivity index (χ0) is 41.9. The Kier molecular flexibility index (Phi) is 43.0. The Labute approximate surface area is 355 Å². The number of hydrogen-bond acceptors (Lipinski definition) is 7. The minimum absolute atomic E-state index is 0.561. The molecule has 57 heavy (non-hydrogen) atoms. The van der Waals surface area contributed by atoms with E-state index in [1.807, 2.05) is 0 Å². The average Bonchev–Trinajstić information content (AvgIpc) is 3.22. The third-order valence-electron chi connectivity index (χ3n) is 10.2. The third kappa shape index (κ3) is 32.1. The molecule has 0 aromatic heterocycles. The van der Waals surface area contributed by atoms with Crippen molar-refractivity contribution in [2.45, 2.75) is 261 Å². The molecule has 0 radical (unpaired) electrons. The predicted molar refractivity (Wildman–Crippen MR) is 242 cm³/mol. The van der Waals surface area contributed by atoms with Gasteiger partial charge in [0, 0.05) is 12.8 Å². The van der Waals surface area contributed by atoms with Gasteiger partial charge < -0.3 is 33.2 Å². The zero-order valence-electron chi connectivity index (χ0n) is 39.5. The van der Waals surface area contributed by atoms with E-state index in [0.717, 1.165) is 88.6 Å². The summed E-state index contributed by atoms with van der Waals surface area (Å²) in [6.07, 6.45) is 32.6. The SMILES string of the molecule is CCCCCCCCCCC(OCCC)=C(OCCC)C(OCCCCCC)OC(OCCCCCC)C(OCCC)=C(CCCCCCCCCC)OCCC. The fraction of sp³-hybridized carbons (Fsp3) is 0.920. The second-order valence-corrected chi connectivity index (χ2v) is 16.1. The quantitative estimate of drug-likeness (QED) is 0.0345. The Morgan fingerprint density at radius 3 is 0.877 bits per heavy atom. The van der Waals surface area contributed by atoms with Crippen molar-refractivity contribution in [2.75, 3.05) is 39.6 Å². The molecule has 2 unspecified atom stereocenters. The maximum Gasteiger partial charge on any atom is 0.223 e. The molecule has 0 bridgehead atoms. The predicted octanol–water partition coefficient (Wildman–Crippen LogP) is 16.0. The van der Waals surface area contributed by atoms with Gasteiger partial charge in [-0.2, -0.15) is 0 Å². The molecular formula is C50H98O7. The normalized spacial score (nSPS) is 13.6. The van der Waals surface area contributed by atoms with Crippen molar-refractivity contribution < 1.29 is 33.2 Å². The summed E-state index contributed by atoms with van der Waals surface area (Å²) < 4.78 is 47.0. The topological polar surface area (TPSA) is 64.6 Å². The van der Waals surface area contributed by atoms with E-state index >= 15 is 0 Å². The smallest absolute Gasteiger partial charge is 0.223 e. The Balaban J connectivity index is 6.90. The number of unbranched alkanes of at least 4 members (excludes halogenated alkanes) is 20. The van der Waals surface area contributed by atoms with Gasteiger partial charge >= 0.3 is 0 Å². The highest BCUT2D eigenvalue weighted by Gasteiger charge is 2.32. The van der Waals surface area contributed by atoms with Crippen LogP contribution in [0.2, 0.25) is 0 Å². The van der Waals surface area contributed by atoms with E-state index in [1.54, 1.807) is 0 Å². The van der Waals surface area contributed by atoms with Gasteiger partial charge in [0.25, 0.3) is 0 Å². The van der Waals surface area contributed by atoms with Crippen molar-refractivity contribution in [1.82, 2.24) is 0 Å². The molecule has 340 valence electrons. The van der Waals surface area contributed by atoms with Gasteiger partial charge in [-0.3, -0.25) is 0 Å². The summed E-state index contributed by atoms with van der Waals surface area (Å²) in [4.78, 5) is 0. The van der Waals surface area contributed by atoms with Gasteiger partial charge in [0.15, 0.2) is 11.5 Å². The molecule has 0 aliphatic carbocycles. The second-order valence-electron chi connectivity index (χ2n) is 16.1. The Bertz CT molecular complexity index is 818. The Morgan fingerprint density at radius 1 is 0.281 bits per heavy atom. The van der Waals surface area contributed by atoms with Gasteiger partial charge in [-0.05, 0) is 51.4 Å². The largest absolute Gasteiger partial charge is 0.494 e. The number of ether oxygens (including phenoxy) is 7. The highest BCUT2D eigenvalue weighted by Crippen LogP contribution is 2.29. The lowest BCUT2D eigenvalue weighted by Crippen LogP contribution is -2.34. The fourth-order valence-corrected chi connectivity index (χ4v) is 6.71. The molecule has 0 aromatic rings. The first kappa shape index (κ1) is 55.6. The molecule has 0 fully saturated rings. The van der Waals surface area contributed by atoms with E-state index < -0.39 is 12.6 Å². The van der Waals surface area contributed by atoms with Crippen LogP contribution < -0.4 is 0 Å². The van der Waals surface area contributed by atoms with E-state index in [9.17, 15) is 0 Å². The van der Waals surface area contributed by atoms with Gasteiger partial charge in [0.05, 0.1) is 39.6 Å². The summed E-state index contributed by atoms with van der Waals surface area (Å²) >= 11 is 0. The Hall–Kier alpha value is -1.44. The van der Waals surface area contributed by atoms with Gasteiger partial charge in [0.2, 0.25) is 12.6 Å². The lowest BCUT2D eigenvalue weighted by molar-refractivity contribution is -0.243. The summed E-state index contributed by atoms with van der Waals surface area (Å²) in [7, 11) is 0. The summed E-state index contributed by atoms with van der Waals surface area (Å²) in [6.45, 7) is 21.2. The van der Waals surface area contributed by atoms with Crippen LogP contribution in [-0.2, 0) is 33.2 Å². The van der Waals surface area contributed by atoms with Crippen LogP contribution in [0.5, 0.6) is 0 Å². The molecule has 0 aromatic carbocycles. The molecule has 0 saturated carbocycles. The van der Waals surface area contributed by atoms with Crippen LogP contribution in [0.4, 0.5) is 0 Å². The van der Waals surface area contributed by atoms with Crippen molar-refractivity contribution in [3.63, 3.8) is 0 Å². The summed E-state index contributed by atoms with van der Waals surface area (Å²) in [5.41, 5.74) is 0. The van der Waals surface area contributed by atoms with Crippen LogP contribution >= 0.6 is 0 Å². The highest BCUT2D eigenvalue weighted by molar-refractivity contribution is 5.09. The van der Waals surface area contributed by atoms with Crippen LogP contribution in [0.25, 0.3) is 0 Å². The number of allylic oxidation sites excluding steroid dienone is 2. The first-order valence-electron chi connectivity index (χ1n) is 24.9. The zero-order valence-corrected chi connectivity index (χ0v) is 39.5. The van der Waals surface area contributed by atoms with Crippen LogP contribution in [0, 0.1) is 0 Å². The summed E-state index contributed by atoms with van der Waals surface area (Å²) in [5, 5.41) is 0. The summed E-state index contributed by atoms with van der Waals surface area (Å²) in [5.74, 6) is 3.05. The molecule has 7 heteroatoms. The van der Waals surface area contributed by atoms with Crippen LogP contribution in [0.15, 0.2) is 23.0 Å². The maximum absolute atomic E-state index is 7.10. The maximum atomic E-state index is 7.10. The van der Waals surface area contributed by atoms with Gasteiger partial charge in [-0.25, -0.2) is 0 Å². The molecule has 0 spiro atoms. The van der Waals surface area contributed by atoms with Crippen LogP contribution in [-0.4, -0.2) is 52.2 Å². The van der Waals surface area contributed by atoms with Crippen molar-refractivity contribution in [1.29, 1.82) is 0 Å². The van der Waals surface area contributed by atoms with E-state index in [0.29, 0.717) is 51.2 Å². The second kappa shape index (κ2) is 44.1. The Morgan fingerprint density at radius 2 is 0.561 bits per heavy atom. The molecule has 0 N–H and O–H groups in total. The molecule has 0 amide bonds.